The van der Waals surface area contributed by atoms with Gasteiger partial charge in [-0.25, -0.2) is 13.4 Å². The summed E-state index contributed by atoms with van der Waals surface area (Å²) >= 11 is 6.69. The Kier molecular flexibility index (Phi) is 3.57. The number of ether oxygens (including phenoxy) is 1. The molecule has 1 aromatic heterocycles. The van der Waals surface area contributed by atoms with Crippen molar-refractivity contribution in [1.82, 2.24) is 4.98 Å². The Morgan fingerprint density at radius 1 is 1.35 bits per heavy atom. The van der Waals surface area contributed by atoms with Crippen LogP contribution in [-0.2, 0) is 10.0 Å². The molecule has 0 atom stereocenters. The predicted molar refractivity (Wildman–Crippen MR) is 78.2 cm³/mol. The fourth-order valence-corrected chi connectivity index (χ4v) is 4.94. The second-order valence-corrected chi connectivity index (χ2v) is 7.88. The number of sulfonamides is 1. The first-order chi connectivity index (χ1) is 9.59. The number of thiazole rings is 1. The number of aromatic nitrogens is 1. The topological polar surface area (TPSA) is 59.5 Å². The molecule has 0 radical (unpaired) electrons. The van der Waals surface area contributed by atoms with E-state index in [0.29, 0.717) is 31.0 Å². The molecular formula is C12H11ClN2O3S2. The first-order valence-corrected chi connectivity index (χ1v) is 8.58. The van der Waals surface area contributed by atoms with Crippen LogP contribution in [-0.4, -0.2) is 26.6 Å². The van der Waals surface area contributed by atoms with Crippen molar-refractivity contribution in [3.8, 4) is 5.75 Å². The van der Waals surface area contributed by atoms with Gasteiger partial charge >= 0.3 is 0 Å². The fraction of sp³-hybridized carbons (Fsp3) is 0.250. The SMILES string of the molecule is O=S(=O)(c1cnc(Cl)s1)N1CCCOc2ccccc21. The monoisotopic (exact) mass is 330 g/mol. The molecule has 5 nitrogen and oxygen atoms in total. The van der Waals surface area contributed by atoms with Gasteiger partial charge < -0.3 is 4.74 Å². The maximum atomic E-state index is 12.7. The number of halogens is 1. The number of nitrogens with zero attached hydrogens (tertiary/aromatic N) is 2. The zero-order valence-electron chi connectivity index (χ0n) is 10.3. The van der Waals surface area contributed by atoms with Gasteiger partial charge in [0.15, 0.2) is 8.68 Å². The third-order valence-corrected chi connectivity index (χ3v) is 6.26. The van der Waals surface area contributed by atoms with E-state index < -0.39 is 10.0 Å². The maximum absolute atomic E-state index is 12.7. The van der Waals surface area contributed by atoms with Crippen LogP contribution < -0.4 is 9.04 Å². The van der Waals surface area contributed by atoms with Crippen molar-refractivity contribution < 1.29 is 13.2 Å². The van der Waals surface area contributed by atoms with Crippen LogP contribution in [0.2, 0.25) is 4.47 Å². The quantitative estimate of drug-likeness (QED) is 0.849. The standard InChI is InChI=1S/C12H11ClN2O3S2/c13-12-14-8-11(19-12)20(16,17)15-6-3-7-18-10-5-2-1-4-9(10)15/h1-2,4-5,8H,3,6-7H2. The molecule has 106 valence electrons. The number of fused-ring (bicyclic) bond motifs is 1. The van der Waals surface area contributed by atoms with Crippen LogP contribution in [0.25, 0.3) is 0 Å². The van der Waals surface area contributed by atoms with Gasteiger partial charge in [-0.15, -0.1) is 0 Å². The minimum atomic E-state index is -3.65. The lowest BCUT2D eigenvalue weighted by molar-refractivity contribution is 0.322. The summed E-state index contributed by atoms with van der Waals surface area (Å²) in [7, 11) is -3.65. The molecule has 0 aliphatic carbocycles. The molecule has 0 N–H and O–H groups in total. The van der Waals surface area contributed by atoms with Gasteiger partial charge in [0.2, 0.25) is 0 Å². The van der Waals surface area contributed by atoms with Crippen molar-refractivity contribution in [2.75, 3.05) is 17.5 Å². The minimum absolute atomic E-state index is 0.138. The highest BCUT2D eigenvalue weighted by Gasteiger charge is 2.30. The fourth-order valence-electron chi connectivity index (χ4n) is 2.01. The van der Waals surface area contributed by atoms with Gasteiger partial charge in [0.1, 0.15) is 5.75 Å². The Balaban J connectivity index is 2.09. The Labute approximate surface area is 125 Å². The van der Waals surface area contributed by atoms with E-state index in [-0.39, 0.29) is 8.68 Å². The second kappa shape index (κ2) is 5.23. The molecule has 0 saturated carbocycles. The van der Waals surface area contributed by atoms with E-state index in [1.54, 1.807) is 18.2 Å². The van der Waals surface area contributed by atoms with Crippen LogP contribution in [0.5, 0.6) is 5.75 Å². The van der Waals surface area contributed by atoms with Gasteiger partial charge in [-0.1, -0.05) is 35.1 Å². The average Bonchev–Trinajstić information content (AvgIpc) is 2.75. The summed E-state index contributed by atoms with van der Waals surface area (Å²) in [6.07, 6.45) is 1.91. The number of hydrogen-bond acceptors (Lipinski definition) is 5. The van der Waals surface area contributed by atoms with E-state index in [1.165, 1.54) is 10.5 Å². The molecule has 1 aliphatic rings. The van der Waals surface area contributed by atoms with Gasteiger partial charge in [0, 0.05) is 13.0 Å². The summed E-state index contributed by atoms with van der Waals surface area (Å²) < 4.78 is 32.7. The molecule has 0 bridgehead atoms. The highest BCUT2D eigenvalue weighted by Crippen LogP contribution is 2.36. The third kappa shape index (κ3) is 2.36. The molecule has 0 saturated heterocycles. The largest absolute Gasteiger partial charge is 0.491 e. The molecule has 1 aromatic carbocycles. The number of para-hydroxylation sites is 2. The molecule has 0 fully saturated rings. The van der Waals surface area contributed by atoms with Crippen molar-refractivity contribution in [3.05, 3.63) is 34.9 Å². The smallest absolute Gasteiger partial charge is 0.275 e. The molecule has 0 spiro atoms. The van der Waals surface area contributed by atoms with Crippen LogP contribution in [0.4, 0.5) is 5.69 Å². The molecule has 1 aliphatic heterocycles. The second-order valence-electron chi connectivity index (χ2n) is 4.18. The van der Waals surface area contributed by atoms with Gasteiger partial charge in [-0.2, -0.15) is 0 Å². The summed E-state index contributed by atoms with van der Waals surface area (Å²) in [5.41, 5.74) is 0.550. The van der Waals surface area contributed by atoms with E-state index in [1.807, 2.05) is 6.07 Å². The van der Waals surface area contributed by atoms with Crippen LogP contribution in [0.3, 0.4) is 0 Å². The number of hydrogen-bond donors (Lipinski definition) is 0. The van der Waals surface area contributed by atoms with Crippen molar-refractivity contribution in [2.45, 2.75) is 10.6 Å². The molecule has 3 rings (SSSR count). The Bertz CT molecular complexity index is 730. The lowest BCUT2D eigenvalue weighted by atomic mass is 10.3. The minimum Gasteiger partial charge on any atom is -0.491 e. The van der Waals surface area contributed by atoms with Gasteiger partial charge in [0.25, 0.3) is 10.0 Å². The lowest BCUT2D eigenvalue weighted by Crippen LogP contribution is -2.31. The molecular weight excluding hydrogens is 320 g/mol. The average molecular weight is 331 g/mol. The summed E-state index contributed by atoms with van der Waals surface area (Å²) in [5.74, 6) is 0.573. The number of rotatable bonds is 2. The van der Waals surface area contributed by atoms with Crippen LogP contribution >= 0.6 is 22.9 Å². The third-order valence-electron chi connectivity index (χ3n) is 2.90. The Morgan fingerprint density at radius 3 is 2.90 bits per heavy atom. The van der Waals surface area contributed by atoms with Crippen molar-refractivity contribution in [1.29, 1.82) is 0 Å². The normalized spacial score (nSPS) is 15.3. The molecule has 0 amide bonds. The zero-order chi connectivity index (χ0) is 14.2. The first-order valence-electron chi connectivity index (χ1n) is 5.95. The van der Waals surface area contributed by atoms with Crippen LogP contribution in [0.1, 0.15) is 6.42 Å². The van der Waals surface area contributed by atoms with E-state index in [4.69, 9.17) is 16.3 Å². The van der Waals surface area contributed by atoms with Gasteiger partial charge in [0.05, 0.1) is 18.5 Å². The summed E-state index contributed by atoms with van der Waals surface area (Å²) in [4.78, 5) is 3.80. The van der Waals surface area contributed by atoms with E-state index in [9.17, 15) is 8.42 Å². The van der Waals surface area contributed by atoms with E-state index in [2.05, 4.69) is 4.98 Å². The van der Waals surface area contributed by atoms with Gasteiger partial charge in [-0.05, 0) is 12.1 Å². The Hall–Kier alpha value is -1.31. The zero-order valence-corrected chi connectivity index (χ0v) is 12.7. The summed E-state index contributed by atoms with van der Waals surface area (Å²) in [5, 5.41) is 0. The van der Waals surface area contributed by atoms with Crippen LogP contribution in [0, 0.1) is 0 Å². The molecule has 2 aromatic rings. The van der Waals surface area contributed by atoms with Crippen molar-refractivity contribution >= 4 is 38.6 Å². The predicted octanol–water partition coefficient (Wildman–Crippen LogP) is 2.77. The summed E-state index contributed by atoms with van der Waals surface area (Å²) in [6, 6.07) is 7.11. The summed E-state index contributed by atoms with van der Waals surface area (Å²) in [6.45, 7) is 0.862. The van der Waals surface area contributed by atoms with Crippen molar-refractivity contribution in [3.63, 3.8) is 0 Å². The van der Waals surface area contributed by atoms with Crippen LogP contribution in [0.15, 0.2) is 34.7 Å². The molecule has 8 heteroatoms. The number of anilines is 1. The van der Waals surface area contributed by atoms with Gasteiger partial charge in [-0.3, -0.25) is 4.31 Å². The Morgan fingerprint density at radius 2 is 2.15 bits per heavy atom. The highest BCUT2D eigenvalue weighted by molar-refractivity contribution is 7.94. The highest BCUT2D eigenvalue weighted by atomic mass is 35.5. The molecule has 20 heavy (non-hydrogen) atoms. The lowest BCUT2D eigenvalue weighted by Gasteiger charge is -2.22. The van der Waals surface area contributed by atoms with E-state index >= 15 is 0 Å². The molecule has 2 heterocycles. The maximum Gasteiger partial charge on any atom is 0.275 e. The van der Waals surface area contributed by atoms with E-state index in [0.717, 1.165) is 11.3 Å². The molecule has 0 unspecified atom stereocenters. The van der Waals surface area contributed by atoms with Crippen molar-refractivity contribution in [2.24, 2.45) is 0 Å². The first kappa shape index (κ1) is 13.7. The number of benzene rings is 1.